The molecule has 0 aromatic heterocycles. The highest BCUT2D eigenvalue weighted by Gasteiger charge is 2.18. The number of hydrogen-bond acceptors (Lipinski definition) is 3. The van der Waals surface area contributed by atoms with Gasteiger partial charge in [-0.3, -0.25) is 10.3 Å². The number of nitrogens with zero attached hydrogens (tertiary/aromatic N) is 2. The third-order valence-electron chi connectivity index (χ3n) is 2.96. The van der Waals surface area contributed by atoms with Crippen LogP contribution < -0.4 is 0 Å². The highest BCUT2D eigenvalue weighted by atomic mass is 16.5. The predicted octanol–water partition coefficient (Wildman–Crippen LogP) is 0.392. The van der Waals surface area contributed by atoms with Crippen LogP contribution in [-0.2, 0) is 4.74 Å². The number of likely N-dealkylation sites (tertiary alicyclic amines) is 1. The number of nitrogens with one attached hydrogen (secondary N) is 1. The van der Waals surface area contributed by atoms with Crippen molar-refractivity contribution in [2.45, 2.75) is 12.8 Å². The summed E-state index contributed by atoms with van der Waals surface area (Å²) in [4.78, 5) is 4.51. The summed E-state index contributed by atoms with van der Waals surface area (Å²) in [6, 6.07) is 0. The fraction of sp³-hybridized carbons (Fsp3) is 0.900. The zero-order valence-corrected chi connectivity index (χ0v) is 8.67. The Morgan fingerprint density at radius 1 is 1.07 bits per heavy atom. The van der Waals surface area contributed by atoms with Crippen molar-refractivity contribution < 1.29 is 4.74 Å². The molecule has 0 saturated carbocycles. The molecular formula is C10H19N3O. The number of ether oxygens (including phenoxy) is 1. The quantitative estimate of drug-likeness (QED) is 0.514. The standard InChI is InChI=1S/C10H19N3O/c11-10(13-3-1-2-4-13)9-12-5-7-14-8-6-12/h11H,1-9H2. The largest absolute Gasteiger partial charge is 0.379 e. The second-order valence-electron chi connectivity index (χ2n) is 4.03. The lowest BCUT2D eigenvalue weighted by molar-refractivity contribution is 0.0441. The Morgan fingerprint density at radius 2 is 1.71 bits per heavy atom. The molecular weight excluding hydrogens is 178 g/mol. The Morgan fingerprint density at radius 3 is 2.36 bits per heavy atom. The van der Waals surface area contributed by atoms with Crippen molar-refractivity contribution in [3.63, 3.8) is 0 Å². The van der Waals surface area contributed by atoms with Gasteiger partial charge in [-0.05, 0) is 12.8 Å². The van der Waals surface area contributed by atoms with Gasteiger partial charge in [-0.1, -0.05) is 0 Å². The third kappa shape index (κ3) is 2.45. The maximum Gasteiger partial charge on any atom is 0.110 e. The minimum Gasteiger partial charge on any atom is -0.379 e. The van der Waals surface area contributed by atoms with E-state index in [1.807, 2.05) is 0 Å². The maximum atomic E-state index is 7.97. The second-order valence-corrected chi connectivity index (χ2v) is 4.03. The summed E-state index contributed by atoms with van der Waals surface area (Å²) in [5.41, 5.74) is 0. The molecule has 0 unspecified atom stereocenters. The molecule has 1 N–H and O–H groups in total. The summed E-state index contributed by atoms with van der Waals surface area (Å²) in [7, 11) is 0. The SMILES string of the molecule is N=C(CN1CCOCC1)N1CCCC1. The third-order valence-corrected chi connectivity index (χ3v) is 2.96. The van der Waals surface area contributed by atoms with Gasteiger partial charge >= 0.3 is 0 Å². The van der Waals surface area contributed by atoms with Crippen LogP contribution in [0.2, 0.25) is 0 Å². The Hall–Kier alpha value is -0.610. The first-order chi connectivity index (χ1) is 6.86. The topological polar surface area (TPSA) is 39.6 Å². The Kier molecular flexibility index (Phi) is 3.37. The van der Waals surface area contributed by atoms with Crippen molar-refractivity contribution in [1.29, 1.82) is 5.41 Å². The van der Waals surface area contributed by atoms with E-state index in [0.29, 0.717) is 0 Å². The van der Waals surface area contributed by atoms with Crippen molar-refractivity contribution in [3.05, 3.63) is 0 Å². The van der Waals surface area contributed by atoms with E-state index < -0.39 is 0 Å². The molecule has 2 aliphatic rings. The van der Waals surface area contributed by atoms with Crippen LogP contribution in [0.15, 0.2) is 0 Å². The van der Waals surface area contributed by atoms with E-state index in [2.05, 4.69) is 9.80 Å². The fourth-order valence-corrected chi connectivity index (χ4v) is 2.06. The van der Waals surface area contributed by atoms with Crippen molar-refractivity contribution in [2.75, 3.05) is 45.9 Å². The molecule has 0 aromatic carbocycles. The number of hydrogen-bond donors (Lipinski definition) is 1. The van der Waals surface area contributed by atoms with Crippen LogP contribution >= 0.6 is 0 Å². The Labute approximate surface area is 85.3 Å². The van der Waals surface area contributed by atoms with Crippen molar-refractivity contribution in [1.82, 2.24) is 9.80 Å². The molecule has 2 saturated heterocycles. The van der Waals surface area contributed by atoms with Crippen LogP contribution in [0.25, 0.3) is 0 Å². The molecule has 2 aliphatic heterocycles. The first-order valence-electron chi connectivity index (χ1n) is 5.49. The summed E-state index contributed by atoms with van der Waals surface area (Å²) in [6.07, 6.45) is 2.51. The minimum absolute atomic E-state index is 0.796. The van der Waals surface area contributed by atoms with E-state index in [0.717, 1.165) is 51.8 Å². The number of morpholine rings is 1. The van der Waals surface area contributed by atoms with E-state index in [4.69, 9.17) is 10.1 Å². The monoisotopic (exact) mass is 197 g/mol. The van der Waals surface area contributed by atoms with E-state index in [-0.39, 0.29) is 0 Å². The smallest absolute Gasteiger partial charge is 0.110 e. The molecule has 2 rings (SSSR count). The van der Waals surface area contributed by atoms with Gasteiger partial charge in [0.15, 0.2) is 0 Å². The molecule has 0 bridgehead atoms. The fourth-order valence-electron chi connectivity index (χ4n) is 2.06. The van der Waals surface area contributed by atoms with Gasteiger partial charge in [-0.25, -0.2) is 0 Å². The summed E-state index contributed by atoms with van der Waals surface area (Å²) in [5.74, 6) is 0.796. The van der Waals surface area contributed by atoms with Crippen LogP contribution in [0.1, 0.15) is 12.8 Å². The highest BCUT2D eigenvalue weighted by Crippen LogP contribution is 2.08. The van der Waals surface area contributed by atoms with E-state index in [1.165, 1.54) is 12.8 Å². The van der Waals surface area contributed by atoms with Crippen molar-refractivity contribution in [2.24, 2.45) is 0 Å². The van der Waals surface area contributed by atoms with Gasteiger partial charge in [-0.2, -0.15) is 0 Å². The van der Waals surface area contributed by atoms with Gasteiger partial charge < -0.3 is 9.64 Å². The Balaban J connectivity index is 1.75. The van der Waals surface area contributed by atoms with Gasteiger partial charge in [0.1, 0.15) is 5.84 Å². The molecule has 2 fully saturated rings. The first-order valence-corrected chi connectivity index (χ1v) is 5.49. The Bertz CT molecular complexity index is 196. The van der Waals surface area contributed by atoms with E-state index in [9.17, 15) is 0 Å². The first kappa shape index (κ1) is 9.93. The average Bonchev–Trinajstić information content (AvgIpc) is 2.72. The predicted molar refractivity (Wildman–Crippen MR) is 55.8 cm³/mol. The van der Waals surface area contributed by atoms with Gasteiger partial charge in [0.2, 0.25) is 0 Å². The second kappa shape index (κ2) is 4.75. The van der Waals surface area contributed by atoms with Crippen LogP contribution in [0.4, 0.5) is 0 Å². The lowest BCUT2D eigenvalue weighted by atomic mass is 10.4. The molecule has 0 atom stereocenters. The molecule has 0 spiro atoms. The zero-order valence-electron chi connectivity index (χ0n) is 8.67. The van der Waals surface area contributed by atoms with Crippen LogP contribution in [-0.4, -0.2) is 61.6 Å². The molecule has 4 heteroatoms. The molecule has 0 aliphatic carbocycles. The molecule has 0 radical (unpaired) electrons. The maximum absolute atomic E-state index is 7.97. The van der Waals surface area contributed by atoms with Gasteiger partial charge in [-0.15, -0.1) is 0 Å². The van der Waals surface area contributed by atoms with Crippen LogP contribution in [0, 0.1) is 5.41 Å². The number of amidine groups is 1. The van der Waals surface area contributed by atoms with Crippen molar-refractivity contribution >= 4 is 5.84 Å². The summed E-state index contributed by atoms with van der Waals surface area (Å²) in [5, 5.41) is 7.97. The van der Waals surface area contributed by atoms with Gasteiger partial charge in [0.05, 0.1) is 19.8 Å². The lowest BCUT2D eigenvalue weighted by Gasteiger charge is -2.29. The average molecular weight is 197 g/mol. The molecule has 0 amide bonds. The van der Waals surface area contributed by atoms with Gasteiger partial charge in [0, 0.05) is 26.2 Å². The summed E-state index contributed by atoms with van der Waals surface area (Å²) >= 11 is 0. The summed E-state index contributed by atoms with van der Waals surface area (Å²) < 4.78 is 5.28. The number of rotatable bonds is 2. The normalized spacial score (nSPS) is 24.1. The molecule has 4 nitrogen and oxygen atoms in total. The van der Waals surface area contributed by atoms with Crippen LogP contribution in [0.5, 0.6) is 0 Å². The summed E-state index contributed by atoms with van der Waals surface area (Å²) in [6.45, 7) is 6.60. The van der Waals surface area contributed by atoms with Gasteiger partial charge in [0.25, 0.3) is 0 Å². The minimum atomic E-state index is 0.796. The lowest BCUT2D eigenvalue weighted by Crippen LogP contribution is -2.43. The van der Waals surface area contributed by atoms with Crippen LogP contribution in [0.3, 0.4) is 0 Å². The molecule has 0 aromatic rings. The highest BCUT2D eigenvalue weighted by molar-refractivity contribution is 5.81. The van der Waals surface area contributed by atoms with Crippen molar-refractivity contribution in [3.8, 4) is 0 Å². The van der Waals surface area contributed by atoms with E-state index >= 15 is 0 Å². The molecule has 80 valence electrons. The zero-order chi connectivity index (χ0) is 9.80. The van der Waals surface area contributed by atoms with E-state index in [1.54, 1.807) is 0 Å². The molecule has 14 heavy (non-hydrogen) atoms. The molecule has 2 heterocycles.